The molecule has 5 heteroatoms. The Morgan fingerprint density at radius 1 is 1.21 bits per heavy atom. The first-order valence-electron chi connectivity index (χ1n) is 11.0. The molecule has 1 saturated heterocycles. The van der Waals surface area contributed by atoms with Gasteiger partial charge in [-0.3, -0.25) is 4.79 Å². The summed E-state index contributed by atoms with van der Waals surface area (Å²) >= 11 is 0. The summed E-state index contributed by atoms with van der Waals surface area (Å²) in [6.45, 7) is 6.41. The summed E-state index contributed by atoms with van der Waals surface area (Å²) in [5, 5.41) is 0. The van der Waals surface area contributed by atoms with Crippen molar-refractivity contribution >= 4 is 11.9 Å². The zero-order chi connectivity index (χ0) is 20.6. The highest BCUT2D eigenvalue weighted by molar-refractivity contribution is 5.89. The third-order valence-corrected chi connectivity index (χ3v) is 7.54. The van der Waals surface area contributed by atoms with Crippen molar-refractivity contribution in [2.75, 3.05) is 0 Å². The van der Waals surface area contributed by atoms with Gasteiger partial charge in [-0.1, -0.05) is 32.0 Å². The van der Waals surface area contributed by atoms with Crippen molar-refractivity contribution in [1.29, 1.82) is 0 Å². The number of rotatable bonds is 4. The van der Waals surface area contributed by atoms with Crippen LogP contribution in [-0.2, 0) is 19.0 Å². The fraction of sp³-hybridized carbons (Fsp3) is 0.667. The normalized spacial score (nSPS) is 38.0. The number of hydrogen-bond donors (Lipinski definition) is 0. The summed E-state index contributed by atoms with van der Waals surface area (Å²) in [4.78, 5) is 24.6. The highest BCUT2D eigenvalue weighted by Crippen LogP contribution is 2.59. The Hall–Kier alpha value is -1.88. The number of esters is 2. The van der Waals surface area contributed by atoms with Gasteiger partial charge in [0.25, 0.3) is 0 Å². The molecule has 0 unspecified atom stereocenters. The Morgan fingerprint density at radius 3 is 2.69 bits per heavy atom. The lowest BCUT2D eigenvalue weighted by Gasteiger charge is -2.47. The molecule has 1 heterocycles. The molecule has 0 amide bonds. The second kappa shape index (κ2) is 8.10. The Labute approximate surface area is 173 Å². The lowest BCUT2D eigenvalue weighted by atomic mass is 9.61. The van der Waals surface area contributed by atoms with Gasteiger partial charge < -0.3 is 14.2 Å². The smallest absolute Gasteiger partial charge is 0.338 e. The Kier molecular flexibility index (Phi) is 5.69. The molecular weight excluding hydrogens is 368 g/mol. The molecule has 29 heavy (non-hydrogen) atoms. The standard InChI is InChI=1S/C24H32O5/c1-15-14-21(25)29-23(27-15)16(2)18-11-12-19-20(10-7-13-24(18,19)3)28-22(26)17-8-5-4-6-9-17/h4-6,8-9,15-16,18-20,23H,7,10-14H2,1-3H3/t15-,16+,18+,19-,20-,23+,24+/m0/s1. The maximum Gasteiger partial charge on any atom is 0.338 e. The van der Waals surface area contributed by atoms with Gasteiger partial charge in [0.05, 0.1) is 18.1 Å². The van der Waals surface area contributed by atoms with E-state index in [9.17, 15) is 9.59 Å². The molecule has 2 saturated carbocycles. The second-order valence-electron chi connectivity index (χ2n) is 9.37. The van der Waals surface area contributed by atoms with E-state index < -0.39 is 6.29 Å². The highest BCUT2D eigenvalue weighted by Gasteiger charge is 2.55. The lowest BCUT2D eigenvalue weighted by molar-refractivity contribution is -0.235. The van der Waals surface area contributed by atoms with Crippen molar-refractivity contribution in [3.05, 3.63) is 35.9 Å². The van der Waals surface area contributed by atoms with Crippen LogP contribution in [0.1, 0.15) is 69.7 Å². The van der Waals surface area contributed by atoms with E-state index in [1.165, 1.54) is 0 Å². The molecule has 5 nitrogen and oxygen atoms in total. The molecule has 7 atom stereocenters. The molecule has 0 bridgehead atoms. The molecule has 3 fully saturated rings. The van der Waals surface area contributed by atoms with Crippen molar-refractivity contribution in [2.45, 2.75) is 77.8 Å². The van der Waals surface area contributed by atoms with E-state index in [1.807, 2.05) is 25.1 Å². The molecule has 0 radical (unpaired) electrons. The number of carbonyl (C=O) groups excluding carboxylic acids is 2. The molecule has 0 aromatic heterocycles. The Bertz CT molecular complexity index is 747. The molecule has 4 rings (SSSR count). The van der Waals surface area contributed by atoms with Crippen LogP contribution in [0.25, 0.3) is 0 Å². The van der Waals surface area contributed by atoms with Gasteiger partial charge in [0.15, 0.2) is 0 Å². The van der Waals surface area contributed by atoms with Crippen molar-refractivity contribution in [2.24, 2.45) is 23.2 Å². The van der Waals surface area contributed by atoms with Gasteiger partial charge in [-0.15, -0.1) is 0 Å². The minimum absolute atomic E-state index is 0.0487. The predicted octanol–water partition coefficient (Wildman–Crippen LogP) is 4.74. The summed E-state index contributed by atoms with van der Waals surface area (Å²) in [6.07, 6.45) is 4.87. The summed E-state index contributed by atoms with van der Waals surface area (Å²) < 4.78 is 17.5. The summed E-state index contributed by atoms with van der Waals surface area (Å²) in [5.74, 6) is 0.454. The highest BCUT2D eigenvalue weighted by atomic mass is 16.7. The van der Waals surface area contributed by atoms with Crippen LogP contribution < -0.4 is 0 Å². The van der Waals surface area contributed by atoms with Crippen molar-refractivity contribution < 1.29 is 23.8 Å². The van der Waals surface area contributed by atoms with Crippen LogP contribution >= 0.6 is 0 Å². The molecule has 158 valence electrons. The SMILES string of the molecule is C[C@@H]([C@H]1OC(=O)C[C@H](C)O1)[C@H]1CC[C@H]2[C@@H](OC(=O)c3ccccc3)CCC[C@]12C. The molecule has 1 aromatic rings. The predicted molar refractivity (Wildman–Crippen MR) is 108 cm³/mol. The summed E-state index contributed by atoms with van der Waals surface area (Å²) in [6, 6.07) is 9.24. The third kappa shape index (κ3) is 3.94. The first kappa shape index (κ1) is 20.4. The van der Waals surface area contributed by atoms with Crippen LogP contribution in [0.4, 0.5) is 0 Å². The van der Waals surface area contributed by atoms with E-state index in [2.05, 4.69) is 13.8 Å². The minimum atomic E-state index is -0.473. The maximum atomic E-state index is 12.6. The average molecular weight is 401 g/mol. The number of benzene rings is 1. The zero-order valence-electron chi connectivity index (χ0n) is 17.6. The molecular formula is C24H32O5. The van der Waals surface area contributed by atoms with Gasteiger partial charge in [-0.2, -0.15) is 0 Å². The van der Waals surface area contributed by atoms with Crippen LogP contribution in [-0.4, -0.2) is 30.4 Å². The van der Waals surface area contributed by atoms with Crippen molar-refractivity contribution in [3.8, 4) is 0 Å². The number of fused-ring (bicyclic) bond motifs is 1. The Morgan fingerprint density at radius 2 is 1.97 bits per heavy atom. The minimum Gasteiger partial charge on any atom is -0.458 e. The molecule has 1 aromatic carbocycles. The number of cyclic esters (lactones) is 1. The van der Waals surface area contributed by atoms with E-state index in [0.717, 1.165) is 32.1 Å². The fourth-order valence-corrected chi connectivity index (χ4v) is 6.08. The quantitative estimate of drug-likeness (QED) is 0.683. The maximum absolute atomic E-state index is 12.6. The molecule has 1 aliphatic heterocycles. The number of hydrogen-bond acceptors (Lipinski definition) is 5. The van der Waals surface area contributed by atoms with Gasteiger partial charge in [0.2, 0.25) is 6.29 Å². The molecule has 2 aliphatic carbocycles. The fourth-order valence-electron chi connectivity index (χ4n) is 6.08. The van der Waals surface area contributed by atoms with E-state index in [1.54, 1.807) is 12.1 Å². The van der Waals surface area contributed by atoms with Crippen LogP contribution in [0, 0.1) is 23.2 Å². The van der Waals surface area contributed by atoms with Gasteiger partial charge in [-0.05, 0) is 62.5 Å². The summed E-state index contributed by atoms with van der Waals surface area (Å²) in [7, 11) is 0. The van der Waals surface area contributed by atoms with Gasteiger partial charge in [0.1, 0.15) is 6.10 Å². The van der Waals surface area contributed by atoms with Crippen LogP contribution in [0.15, 0.2) is 30.3 Å². The largest absolute Gasteiger partial charge is 0.458 e. The zero-order valence-corrected chi connectivity index (χ0v) is 17.6. The molecule has 3 aliphatic rings. The van der Waals surface area contributed by atoms with Gasteiger partial charge >= 0.3 is 11.9 Å². The molecule has 0 N–H and O–H groups in total. The monoisotopic (exact) mass is 400 g/mol. The lowest BCUT2D eigenvalue weighted by Crippen LogP contribution is -2.47. The van der Waals surface area contributed by atoms with Crippen LogP contribution in [0.2, 0.25) is 0 Å². The average Bonchev–Trinajstić information content (AvgIpc) is 3.05. The topological polar surface area (TPSA) is 61.8 Å². The van der Waals surface area contributed by atoms with Gasteiger partial charge in [-0.25, -0.2) is 4.79 Å². The first-order valence-corrected chi connectivity index (χ1v) is 11.0. The van der Waals surface area contributed by atoms with E-state index in [-0.39, 0.29) is 35.5 Å². The second-order valence-corrected chi connectivity index (χ2v) is 9.37. The van der Waals surface area contributed by atoms with E-state index in [4.69, 9.17) is 14.2 Å². The number of carbonyl (C=O) groups is 2. The Balaban J connectivity index is 1.47. The van der Waals surface area contributed by atoms with Crippen molar-refractivity contribution in [3.63, 3.8) is 0 Å². The van der Waals surface area contributed by atoms with Crippen LogP contribution in [0.3, 0.4) is 0 Å². The number of ether oxygens (including phenoxy) is 3. The third-order valence-electron chi connectivity index (χ3n) is 7.54. The van der Waals surface area contributed by atoms with Gasteiger partial charge in [0, 0.05) is 11.8 Å². The van der Waals surface area contributed by atoms with Crippen LogP contribution in [0.5, 0.6) is 0 Å². The van der Waals surface area contributed by atoms with E-state index in [0.29, 0.717) is 23.8 Å². The first-order chi connectivity index (χ1) is 13.9. The molecule has 0 spiro atoms. The summed E-state index contributed by atoms with van der Waals surface area (Å²) in [5.41, 5.74) is 0.676. The van der Waals surface area contributed by atoms with E-state index >= 15 is 0 Å². The van der Waals surface area contributed by atoms with Crippen molar-refractivity contribution in [1.82, 2.24) is 0 Å².